The Morgan fingerprint density at radius 1 is 1.10 bits per heavy atom. The van der Waals surface area contributed by atoms with E-state index in [1.807, 2.05) is 42.5 Å². The number of nitrogens with zero attached hydrogens (tertiary/aromatic N) is 1. The Kier molecular flexibility index (Phi) is 3.56. The highest BCUT2D eigenvalue weighted by Crippen LogP contribution is 2.22. The number of fused-ring (bicyclic) bond motifs is 1. The minimum absolute atomic E-state index is 0.768. The molecule has 3 N–H and O–H groups in total. The second-order valence-corrected chi connectivity index (χ2v) is 5.38. The quantitative estimate of drug-likeness (QED) is 0.623. The van der Waals surface area contributed by atoms with Crippen molar-refractivity contribution in [1.29, 1.82) is 0 Å². The molecule has 102 valence electrons. The van der Waals surface area contributed by atoms with E-state index in [1.54, 1.807) is 0 Å². The summed E-state index contributed by atoms with van der Waals surface area (Å²) in [6, 6.07) is 16.2. The minimum atomic E-state index is 0.768. The van der Waals surface area contributed by atoms with Gasteiger partial charge in [-0.3, -0.25) is 0 Å². The fourth-order valence-corrected chi connectivity index (χ4v) is 2.75. The fraction of sp³-hybridized carbons (Fsp3) is 0.188. The van der Waals surface area contributed by atoms with Gasteiger partial charge in [0.2, 0.25) is 0 Å². The standard InChI is InChI=1S/C16H17N3S/c17-14-7-6-12-8-9-19(11-13(12)10-14)16(20)18-15-4-2-1-3-5-15/h1-7,10H,8-9,11,17H2,(H,18,20). The summed E-state index contributed by atoms with van der Waals surface area (Å²) in [4.78, 5) is 2.18. The van der Waals surface area contributed by atoms with Gasteiger partial charge in [-0.05, 0) is 54.0 Å². The van der Waals surface area contributed by atoms with E-state index in [9.17, 15) is 0 Å². The lowest BCUT2D eigenvalue weighted by Gasteiger charge is -2.31. The number of thiocarbonyl (C=S) groups is 1. The summed E-state index contributed by atoms with van der Waals surface area (Å²) in [6.45, 7) is 1.76. The molecule has 3 rings (SSSR count). The number of anilines is 2. The average molecular weight is 283 g/mol. The normalized spacial score (nSPS) is 13.7. The first kappa shape index (κ1) is 12.9. The maximum absolute atomic E-state index is 5.86. The summed E-state index contributed by atoms with van der Waals surface area (Å²) >= 11 is 5.50. The number of nitrogen functional groups attached to an aromatic ring is 1. The molecule has 0 fully saturated rings. The molecule has 2 aromatic rings. The molecule has 1 aliphatic heterocycles. The van der Waals surface area contributed by atoms with Gasteiger partial charge in [-0.15, -0.1) is 0 Å². The first-order valence-electron chi connectivity index (χ1n) is 6.70. The van der Waals surface area contributed by atoms with Gasteiger partial charge in [-0.1, -0.05) is 24.3 Å². The van der Waals surface area contributed by atoms with E-state index in [0.717, 1.165) is 36.0 Å². The third-order valence-electron chi connectivity index (χ3n) is 3.55. The van der Waals surface area contributed by atoms with E-state index < -0.39 is 0 Å². The van der Waals surface area contributed by atoms with Crippen molar-refractivity contribution in [1.82, 2.24) is 4.90 Å². The molecule has 0 spiro atoms. The van der Waals surface area contributed by atoms with E-state index in [1.165, 1.54) is 11.1 Å². The number of hydrogen-bond acceptors (Lipinski definition) is 2. The van der Waals surface area contributed by atoms with Crippen LogP contribution in [0.3, 0.4) is 0 Å². The molecule has 20 heavy (non-hydrogen) atoms. The highest BCUT2D eigenvalue weighted by atomic mass is 32.1. The molecule has 2 aromatic carbocycles. The van der Waals surface area contributed by atoms with Crippen LogP contribution < -0.4 is 11.1 Å². The second-order valence-electron chi connectivity index (χ2n) is 5.00. The van der Waals surface area contributed by atoms with Gasteiger partial charge < -0.3 is 16.0 Å². The summed E-state index contributed by atoms with van der Waals surface area (Å²) in [5.74, 6) is 0. The van der Waals surface area contributed by atoms with Crippen molar-refractivity contribution in [2.24, 2.45) is 0 Å². The van der Waals surface area contributed by atoms with Gasteiger partial charge in [0.05, 0.1) is 0 Å². The molecule has 4 heteroatoms. The van der Waals surface area contributed by atoms with Crippen LogP contribution in [0.4, 0.5) is 11.4 Å². The highest BCUT2D eigenvalue weighted by molar-refractivity contribution is 7.80. The molecule has 1 aliphatic rings. The number of benzene rings is 2. The summed E-state index contributed by atoms with van der Waals surface area (Å²) in [6.07, 6.45) is 1.01. The van der Waals surface area contributed by atoms with Crippen LogP contribution >= 0.6 is 12.2 Å². The fourth-order valence-electron chi connectivity index (χ4n) is 2.47. The van der Waals surface area contributed by atoms with Gasteiger partial charge in [0.1, 0.15) is 0 Å². The first-order chi connectivity index (χ1) is 9.72. The van der Waals surface area contributed by atoms with E-state index in [0.29, 0.717) is 0 Å². The zero-order valence-corrected chi connectivity index (χ0v) is 12.0. The molecule has 0 amide bonds. The van der Waals surface area contributed by atoms with Crippen LogP contribution in [0.1, 0.15) is 11.1 Å². The largest absolute Gasteiger partial charge is 0.399 e. The molecule has 0 aliphatic carbocycles. The van der Waals surface area contributed by atoms with Gasteiger partial charge in [-0.25, -0.2) is 0 Å². The molecular formula is C16H17N3S. The van der Waals surface area contributed by atoms with Gasteiger partial charge in [0.15, 0.2) is 5.11 Å². The van der Waals surface area contributed by atoms with Crippen LogP contribution in [-0.4, -0.2) is 16.6 Å². The topological polar surface area (TPSA) is 41.3 Å². The molecule has 1 heterocycles. The lowest BCUT2D eigenvalue weighted by molar-refractivity contribution is 0.400. The van der Waals surface area contributed by atoms with Crippen molar-refractivity contribution in [3.05, 3.63) is 59.7 Å². The first-order valence-corrected chi connectivity index (χ1v) is 7.11. The Bertz CT molecular complexity index is 625. The number of para-hydroxylation sites is 1. The number of nitrogens with two attached hydrogens (primary N) is 1. The lowest BCUT2D eigenvalue weighted by atomic mass is 9.99. The molecule has 3 nitrogen and oxygen atoms in total. The van der Waals surface area contributed by atoms with Gasteiger partial charge in [0.25, 0.3) is 0 Å². The smallest absolute Gasteiger partial charge is 0.173 e. The number of nitrogens with one attached hydrogen (secondary N) is 1. The maximum Gasteiger partial charge on any atom is 0.173 e. The summed E-state index contributed by atoms with van der Waals surface area (Å²) in [5.41, 5.74) is 10.3. The van der Waals surface area contributed by atoms with Crippen molar-refractivity contribution < 1.29 is 0 Å². The van der Waals surface area contributed by atoms with Crippen molar-refractivity contribution >= 4 is 28.7 Å². The Morgan fingerprint density at radius 2 is 1.90 bits per heavy atom. The lowest BCUT2D eigenvalue weighted by Crippen LogP contribution is -2.38. The minimum Gasteiger partial charge on any atom is -0.399 e. The molecule has 0 radical (unpaired) electrons. The molecule has 0 atom stereocenters. The second kappa shape index (κ2) is 5.51. The monoisotopic (exact) mass is 283 g/mol. The predicted molar refractivity (Wildman–Crippen MR) is 87.6 cm³/mol. The molecular weight excluding hydrogens is 266 g/mol. The molecule has 0 saturated carbocycles. The van der Waals surface area contributed by atoms with E-state index >= 15 is 0 Å². The third kappa shape index (κ3) is 2.75. The van der Waals surface area contributed by atoms with Crippen LogP contribution in [0.5, 0.6) is 0 Å². The average Bonchev–Trinajstić information content (AvgIpc) is 2.47. The van der Waals surface area contributed by atoms with E-state index in [4.69, 9.17) is 18.0 Å². The summed E-state index contributed by atoms with van der Waals surface area (Å²) in [7, 11) is 0. The Hall–Kier alpha value is -2.07. The Morgan fingerprint density at radius 3 is 2.70 bits per heavy atom. The van der Waals surface area contributed by atoms with E-state index in [-0.39, 0.29) is 0 Å². The van der Waals surface area contributed by atoms with Gasteiger partial charge in [-0.2, -0.15) is 0 Å². The predicted octanol–water partition coefficient (Wildman–Crippen LogP) is 3.02. The van der Waals surface area contributed by atoms with Crippen molar-refractivity contribution in [3.63, 3.8) is 0 Å². The Balaban J connectivity index is 1.72. The third-order valence-corrected chi connectivity index (χ3v) is 3.92. The summed E-state index contributed by atoms with van der Waals surface area (Å²) < 4.78 is 0. The maximum atomic E-state index is 5.86. The zero-order chi connectivity index (χ0) is 13.9. The molecule has 0 saturated heterocycles. The van der Waals surface area contributed by atoms with Crippen molar-refractivity contribution in [2.45, 2.75) is 13.0 Å². The SMILES string of the molecule is Nc1ccc2c(c1)CN(C(=S)Nc1ccccc1)CC2. The molecule has 0 bridgehead atoms. The summed E-state index contributed by atoms with van der Waals surface area (Å²) in [5, 5.41) is 4.05. The van der Waals surface area contributed by atoms with E-state index in [2.05, 4.69) is 16.3 Å². The highest BCUT2D eigenvalue weighted by Gasteiger charge is 2.18. The van der Waals surface area contributed by atoms with Crippen LogP contribution in [0, 0.1) is 0 Å². The molecule has 0 aromatic heterocycles. The Labute approximate surface area is 124 Å². The van der Waals surface area contributed by atoms with Crippen LogP contribution in [0.2, 0.25) is 0 Å². The van der Waals surface area contributed by atoms with Crippen molar-refractivity contribution in [3.8, 4) is 0 Å². The number of hydrogen-bond donors (Lipinski definition) is 2. The van der Waals surface area contributed by atoms with Crippen LogP contribution in [-0.2, 0) is 13.0 Å². The number of rotatable bonds is 1. The van der Waals surface area contributed by atoms with Gasteiger partial charge >= 0.3 is 0 Å². The van der Waals surface area contributed by atoms with Crippen LogP contribution in [0.15, 0.2) is 48.5 Å². The van der Waals surface area contributed by atoms with Crippen molar-refractivity contribution in [2.75, 3.05) is 17.6 Å². The molecule has 0 unspecified atom stereocenters. The van der Waals surface area contributed by atoms with Gasteiger partial charge in [0, 0.05) is 24.5 Å². The zero-order valence-electron chi connectivity index (χ0n) is 11.2. The van der Waals surface area contributed by atoms with Crippen LogP contribution in [0.25, 0.3) is 0 Å².